The van der Waals surface area contributed by atoms with Gasteiger partial charge in [-0.05, 0) is 32.0 Å². The van der Waals surface area contributed by atoms with E-state index in [9.17, 15) is 13.2 Å². The molecule has 0 unspecified atom stereocenters. The molecule has 0 aliphatic rings. The molecule has 1 heterocycles. The van der Waals surface area contributed by atoms with E-state index in [4.69, 9.17) is 0 Å². The Balaban J connectivity index is 2.59. The van der Waals surface area contributed by atoms with Gasteiger partial charge >= 0.3 is 6.18 Å². The monoisotopic (exact) mass is 258 g/mol. The topological polar surface area (TPSA) is 24.9 Å². The highest BCUT2D eigenvalue weighted by atomic mass is 19.4. The summed E-state index contributed by atoms with van der Waals surface area (Å²) in [7, 11) is 0. The Morgan fingerprint density at radius 2 is 2.11 bits per heavy atom. The van der Waals surface area contributed by atoms with E-state index in [0.717, 1.165) is 31.8 Å². The van der Waals surface area contributed by atoms with E-state index in [0.29, 0.717) is 6.42 Å². The first kappa shape index (κ1) is 14.7. The summed E-state index contributed by atoms with van der Waals surface area (Å²) in [4.78, 5) is 3.72. The molecule has 1 rings (SSSR count). The highest BCUT2D eigenvalue weighted by molar-refractivity contribution is 5.53. The molecule has 1 aromatic rings. The minimum absolute atomic E-state index is 0.112. The van der Waals surface area contributed by atoms with Crippen LogP contribution in [0.1, 0.15) is 30.9 Å². The Morgan fingerprint density at radius 3 is 2.78 bits per heavy atom. The molecule has 0 atom stereocenters. The summed E-state index contributed by atoms with van der Waals surface area (Å²) < 4.78 is 38.0. The molecule has 1 aromatic heterocycles. The second-order valence-corrected chi connectivity index (χ2v) is 3.90. The molecular weight excluding hydrogens is 241 g/mol. The Hall–Kier alpha value is -1.36. The molecule has 2 nitrogen and oxygen atoms in total. The van der Waals surface area contributed by atoms with Gasteiger partial charge in [-0.25, -0.2) is 0 Å². The summed E-state index contributed by atoms with van der Waals surface area (Å²) in [5, 5.41) is 3.18. The summed E-state index contributed by atoms with van der Waals surface area (Å²) in [6.07, 6.45) is 3.01. The van der Waals surface area contributed by atoms with Gasteiger partial charge in [-0.3, -0.25) is 4.98 Å². The lowest BCUT2D eigenvalue weighted by atomic mass is 10.1. The summed E-state index contributed by atoms with van der Waals surface area (Å²) >= 11 is 0. The molecule has 0 spiro atoms. The largest absolute Gasteiger partial charge is 0.417 e. The van der Waals surface area contributed by atoms with Gasteiger partial charge in [0.05, 0.1) is 5.56 Å². The molecule has 0 aliphatic heterocycles. The van der Waals surface area contributed by atoms with Crippen molar-refractivity contribution in [2.75, 3.05) is 13.1 Å². The van der Waals surface area contributed by atoms with Gasteiger partial charge in [0.15, 0.2) is 0 Å². The number of pyridine rings is 1. The Kier molecular flexibility index (Phi) is 5.85. The maximum atomic E-state index is 12.7. The number of hydrogen-bond acceptors (Lipinski definition) is 2. The highest BCUT2D eigenvalue weighted by Crippen LogP contribution is 2.31. The fourth-order valence-corrected chi connectivity index (χ4v) is 1.50. The van der Waals surface area contributed by atoms with Crippen LogP contribution in [0, 0.1) is 0 Å². The van der Waals surface area contributed by atoms with Gasteiger partial charge in [0.25, 0.3) is 0 Å². The van der Waals surface area contributed by atoms with Gasteiger partial charge in [-0.2, -0.15) is 13.2 Å². The molecule has 1 N–H and O–H groups in total. The molecule has 0 amide bonds. The third-order valence-electron chi connectivity index (χ3n) is 2.37. The molecule has 5 heteroatoms. The van der Waals surface area contributed by atoms with Gasteiger partial charge in [-0.15, -0.1) is 0 Å². The number of alkyl halides is 3. The van der Waals surface area contributed by atoms with E-state index in [1.165, 1.54) is 12.3 Å². The molecule has 0 aliphatic carbocycles. The lowest BCUT2D eigenvalue weighted by Gasteiger charge is -2.09. The van der Waals surface area contributed by atoms with Crippen LogP contribution in [0.4, 0.5) is 13.2 Å². The lowest BCUT2D eigenvalue weighted by molar-refractivity contribution is -0.137. The minimum Gasteiger partial charge on any atom is -0.316 e. The fourth-order valence-electron chi connectivity index (χ4n) is 1.50. The normalized spacial score (nSPS) is 12.2. The predicted molar refractivity (Wildman–Crippen MR) is 66.1 cm³/mol. The van der Waals surface area contributed by atoms with E-state index >= 15 is 0 Å². The average Bonchev–Trinajstić information content (AvgIpc) is 2.33. The zero-order valence-electron chi connectivity index (χ0n) is 10.3. The van der Waals surface area contributed by atoms with Crippen LogP contribution in [0.3, 0.4) is 0 Å². The first-order valence-electron chi connectivity index (χ1n) is 5.94. The molecule has 0 aromatic carbocycles. The standard InChI is InChI=1S/C13H17F3N2/c1-2-7-17-8-4-3-5-11-10-18-9-6-12(11)13(14,15)16/h3,5-6,9-10,17H,2,4,7-8H2,1H3/b5-3+. The van der Waals surface area contributed by atoms with Crippen molar-refractivity contribution in [1.82, 2.24) is 10.3 Å². The van der Waals surface area contributed by atoms with Gasteiger partial charge in [0.2, 0.25) is 0 Å². The van der Waals surface area contributed by atoms with Gasteiger partial charge in [-0.1, -0.05) is 19.1 Å². The zero-order chi connectivity index (χ0) is 13.4. The van der Waals surface area contributed by atoms with Crippen molar-refractivity contribution < 1.29 is 13.2 Å². The first-order chi connectivity index (χ1) is 8.55. The Labute approximate surface area is 105 Å². The number of hydrogen-bond donors (Lipinski definition) is 1. The molecule has 0 bridgehead atoms. The van der Waals surface area contributed by atoms with Crippen LogP contribution in [-0.4, -0.2) is 18.1 Å². The van der Waals surface area contributed by atoms with E-state index < -0.39 is 11.7 Å². The molecule has 0 saturated heterocycles. The lowest BCUT2D eigenvalue weighted by Crippen LogP contribution is -2.15. The third kappa shape index (κ3) is 4.87. The molecular formula is C13H17F3N2. The van der Waals surface area contributed by atoms with Crippen molar-refractivity contribution in [3.63, 3.8) is 0 Å². The number of nitrogens with one attached hydrogen (secondary N) is 1. The van der Waals surface area contributed by atoms with Crippen molar-refractivity contribution >= 4 is 6.08 Å². The summed E-state index contributed by atoms with van der Waals surface area (Å²) in [5.41, 5.74) is -0.532. The van der Waals surface area contributed by atoms with E-state index in [2.05, 4.69) is 17.2 Å². The van der Waals surface area contributed by atoms with Gasteiger partial charge in [0, 0.05) is 18.0 Å². The van der Waals surface area contributed by atoms with Crippen LogP contribution in [0.2, 0.25) is 0 Å². The van der Waals surface area contributed by atoms with Crippen LogP contribution in [0.15, 0.2) is 24.5 Å². The van der Waals surface area contributed by atoms with E-state index in [-0.39, 0.29) is 5.56 Å². The average molecular weight is 258 g/mol. The van der Waals surface area contributed by atoms with Crippen molar-refractivity contribution in [2.24, 2.45) is 0 Å². The van der Waals surface area contributed by atoms with Crippen LogP contribution >= 0.6 is 0 Å². The van der Waals surface area contributed by atoms with E-state index in [1.807, 2.05) is 0 Å². The van der Waals surface area contributed by atoms with Crippen molar-refractivity contribution in [1.29, 1.82) is 0 Å². The van der Waals surface area contributed by atoms with Crippen LogP contribution in [0.5, 0.6) is 0 Å². The van der Waals surface area contributed by atoms with Gasteiger partial charge < -0.3 is 5.32 Å². The molecule has 0 saturated carbocycles. The smallest absolute Gasteiger partial charge is 0.316 e. The minimum atomic E-state index is -4.33. The zero-order valence-corrected chi connectivity index (χ0v) is 10.3. The van der Waals surface area contributed by atoms with Crippen LogP contribution < -0.4 is 5.32 Å². The summed E-state index contributed by atoms with van der Waals surface area (Å²) in [5.74, 6) is 0. The predicted octanol–water partition coefficient (Wildman–Crippen LogP) is 3.50. The van der Waals surface area contributed by atoms with Gasteiger partial charge in [0.1, 0.15) is 0 Å². The quantitative estimate of drug-likeness (QED) is 0.790. The van der Waals surface area contributed by atoms with Crippen molar-refractivity contribution in [3.8, 4) is 0 Å². The Morgan fingerprint density at radius 1 is 1.33 bits per heavy atom. The third-order valence-corrected chi connectivity index (χ3v) is 2.37. The summed E-state index contributed by atoms with van der Waals surface area (Å²) in [6.45, 7) is 3.76. The Bertz CT molecular complexity index is 386. The fraction of sp³-hybridized carbons (Fsp3) is 0.462. The SMILES string of the molecule is CCCNCC/C=C/c1cnccc1C(F)(F)F. The summed E-state index contributed by atoms with van der Waals surface area (Å²) in [6, 6.07) is 0.995. The van der Waals surface area contributed by atoms with Crippen molar-refractivity contribution in [3.05, 3.63) is 35.7 Å². The maximum absolute atomic E-state index is 12.7. The van der Waals surface area contributed by atoms with Crippen LogP contribution in [-0.2, 0) is 6.18 Å². The maximum Gasteiger partial charge on any atom is 0.417 e. The molecule has 100 valence electrons. The molecule has 0 fully saturated rings. The second-order valence-electron chi connectivity index (χ2n) is 3.90. The molecule has 18 heavy (non-hydrogen) atoms. The number of rotatable bonds is 6. The van der Waals surface area contributed by atoms with Crippen molar-refractivity contribution in [2.45, 2.75) is 25.9 Å². The second kappa shape index (κ2) is 7.16. The van der Waals surface area contributed by atoms with E-state index in [1.54, 1.807) is 6.08 Å². The number of halogens is 3. The first-order valence-corrected chi connectivity index (χ1v) is 5.94. The number of aromatic nitrogens is 1. The highest BCUT2D eigenvalue weighted by Gasteiger charge is 2.32. The van der Waals surface area contributed by atoms with Crippen LogP contribution in [0.25, 0.3) is 6.08 Å². The number of nitrogens with zero attached hydrogens (tertiary/aromatic N) is 1. The molecule has 0 radical (unpaired) electrons.